The number of ketones is 1. The lowest BCUT2D eigenvalue weighted by Crippen LogP contribution is -2.39. The van der Waals surface area contributed by atoms with Crippen molar-refractivity contribution in [3.05, 3.63) is 86.0 Å². The average molecular weight is 342 g/mol. The zero-order chi connectivity index (χ0) is 18.6. The Balaban J connectivity index is 2.31. The highest BCUT2D eigenvalue weighted by Gasteiger charge is 2.42. The van der Waals surface area contributed by atoms with Crippen molar-refractivity contribution >= 4 is 11.5 Å². The second-order valence-corrected chi connectivity index (χ2v) is 6.31. The van der Waals surface area contributed by atoms with Gasteiger partial charge in [-0.25, -0.2) is 0 Å². The summed E-state index contributed by atoms with van der Waals surface area (Å²) in [6.45, 7) is 2.99. The molecule has 2 rings (SSSR count). The first-order valence-corrected chi connectivity index (χ1v) is 7.70. The maximum atomic E-state index is 12.6. The van der Waals surface area contributed by atoms with Gasteiger partial charge < -0.3 is 0 Å². The fourth-order valence-electron chi connectivity index (χ4n) is 2.66. The van der Waals surface area contributed by atoms with Crippen LogP contribution in [0.2, 0.25) is 0 Å². The molecular weight excluding hydrogens is 324 g/mol. The molecule has 130 valence electrons. The Hall–Kier alpha value is -3.09. The number of nitro benzene ring substituents is 1. The summed E-state index contributed by atoms with van der Waals surface area (Å²) in [5.74, 6) is -0.912. The van der Waals surface area contributed by atoms with E-state index in [-0.39, 0.29) is 22.8 Å². The fourth-order valence-corrected chi connectivity index (χ4v) is 2.66. The molecule has 0 spiro atoms. The maximum Gasteiger partial charge on any atom is 0.269 e. The molecule has 0 aliphatic rings. The summed E-state index contributed by atoms with van der Waals surface area (Å²) in [7, 11) is 0. The molecule has 0 bridgehead atoms. The molecular formula is C18H18N2O5. The topological polar surface area (TPSA) is 103 Å². The smallest absolute Gasteiger partial charge is 0.269 e. The summed E-state index contributed by atoms with van der Waals surface area (Å²) >= 11 is 0. The van der Waals surface area contributed by atoms with Gasteiger partial charge in [0, 0.05) is 42.9 Å². The Kier molecular flexibility index (Phi) is 5.26. The Morgan fingerprint density at radius 2 is 1.56 bits per heavy atom. The van der Waals surface area contributed by atoms with Crippen LogP contribution in [0.1, 0.15) is 42.1 Å². The number of carbonyl (C=O) groups excluding carboxylic acids is 1. The molecule has 25 heavy (non-hydrogen) atoms. The number of hydrogen-bond acceptors (Lipinski definition) is 5. The van der Waals surface area contributed by atoms with Gasteiger partial charge in [-0.15, -0.1) is 0 Å². The van der Waals surface area contributed by atoms with Crippen LogP contribution in [0, 0.1) is 20.2 Å². The average Bonchev–Trinajstić information content (AvgIpc) is 2.60. The van der Waals surface area contributed by atoms with Gasteiger partial charge in [-0.05, 0) is 17.7 Å². The van der Waals surface area contributed by atoms with Crippen molar-refractivity contribution in [3.8, 4) is 0 Å². The van der Waals surface area contributed by atoms with Gasteiger partial charge in [0.25, 0.3) is 5.69 Å². The molecule has 0 saturated heterocycles. The summed E-state index contributed by atoms with van der Waals surface area (Å²) in [4.78, 5) is 33.9. The number of hydrogen-bond donors (Lipinski definition) is 0. The van der Waals surface area contributed by atoms with E-state index in [1.807, 2.05) is 0 Å². The molecule has 0 radical (unpaired) electrons. The van der Waals surface area contributed by atoms with Gasteiger partial charge >= 0.3 is 0 Å². The SMILES string of the molecule is CC(C)(C(CC(=O)c1ccc([N+](=O)[O-])cc1)c1ccccc1)[N+](=O)[O-]. The monoisotopic (exact) mass is 342 g/mol. The fraction of sp³-hybridized carbons (Fsp3) is 0.278. The van der Waals surface area contributed by atoms with E-state index in [0.717, 1.165) is 0 Å². The highest BCUT2D eigenvalue weighted by molar-refractivity contribution is 5.96. The Morgan fingerprint density at radius 3 is 2.04 bits per heavy atom. The molecule has 0 heterocycles. The van der Waals surface area contributed by atoms with E-state index in [0.29, 0.717) is 11.1 Å². The first kappa shape index (κ1) is 18.3. The molecule has 2 aromatic carbocycles. The van der Waals surface area contributed by atoms with Crippen molar-refractivity contribution in [2.75, 3.05) is 0 Å². The zero-order valence-corrected chi connectivity index (χ0v) is 13.9. The Labute approximate surface area is 144 Å². The normalized spacial score (nSPS) is 12.4. The van der Waals surface area contributed by atoms with E-state index in [1.165, 1.54) is 38.1 Å². The maximum absolute atomic E-state index is 12.6. The number of nitro groups is 2. The van der Waals surface area contributed by atoms with E-state index >= 15 is 0 Å². The van der Waals surface area contributed by atoms with E-state index in [1.54, 1.807) is 30.3 Å². The first-order chi connectivity index (χ1) is 11.7. The third kappa shape index (κ3) is 4.06. The molecule has 0 aromatic heterocycles. The van der Waals surface area contributed by atoms with Crippen molar-refractivity contribution in [3.63, 3.8) is 0 Å². The van der Waals surface area contributed by atoms with Gasteiger partial charge in [-0.3, -0.25) is 25.0 Å². The first-order valence-electron chi connectivity index (χ1n) is 7.70. The molecule has 0 N–H and O–H groups in total. The van der Waals surface area contributed by atoms with E-state index in [9.17, 15) is 25.0 Å². The third-order valence-corrected chi connectivity index (χ3v) is 4.31. The second kappa shape index (κ2) is 7.21. The molecule has 1 unspecified atom stereocenters. The van der Waals surface area contributed by atoms with E-state index in [2.05, 4.69) is 0 Å². The number of rotatable bonds is 7. The second-order valence-electron chi connectivity index (χ2n) is 6.31. The van der Waals surface area contributed by atoms with Crippen molar-refractivity contribution in [2.24, 2.45) is 0 Å². The molecule has 2 aromatic rings. The molecule has 0 aliphatic carbocycles. The molecule has 0 aliphatic heterocycles. The predicted octanol–water partition coefficient (Wildman–Crippen LogP) is 4.01. The van der Waals surface area contributed by atoms with Gasteiger partial charge in [-0.1, -0.05) is 30.3 Å². The number of non-ortho nitro benzene ring substituents is 1. The van der Waals surface area contributed by atoms with Crippen molar-refractivity contribution < 1.29 is 14.6 Å². The lowest BCUT2D eigenvalue weighted by molar-refractivity contribution is -0.565. The third-order valence-electron chi connectivity index (χ3n) is 4.31. The number of benzene rings is 2. The lowest BCUT2D eigenvalue weighted by atomic mass is 9.78. The number of carbonyl (C=O) groups is 1. The van der Waals surface area contributed by atoms with Crippen LogP contribution in [-0.2, 0) is 0 Å². The summed E-state index contributed by atoms with van der Waals surface area (Å²) < 4.78 is 0. The predicted molar refractivity (Wildman–Crippen MR) is 92.3 cm³/mol. The number of Topliss-reactive ketones (excluding diaryl/α,β-unsaturated/α-hetero) is 1. The Bertz CT molecular complexity index is 785. The summed E-state index contributed by atoms with van der Waals surface area (Å²) in [6, 6.07) is 14.1. The van der Waals surface area contributed by atoms with Crippen LogP contribution in [0.15, 0.2) is 54.6 Å². The molecule has 7 heteroatoms. The van der Waals surface area contributed by atoms with Gasteiger partial charge in [0.1, 0.15) is 0 Å². The van der Waals surface area contributed by atoms with Crippen LogP contribution < -0.4 is 0 Å². The van der Waals surface area contributed by atoms with Gasteiger partial charge in [0.15, 0.2) is 5.78 Å². The van der Waals surface area contributed by atoms with Crippen LogP contribution in [0.5, 0.6) is 0 Å². The highest BCUT2D eigenvalue weighted by Crippen LogP contribution is 2.34. The quantitative estimate of drug-likeness (QED) is 0.429. The standard InChI is InChI=1S/C18H18N2O5/c1-18(2,20(24)25)16(13-6-4-3-5-7-13)12-17(21)14-8-10-15(11-9-14)19(22)23/h3-11,16H,12H2,1-2H3. The zero-order valence-electron chi connectivity index (χ0n) is 13.9. The Morgan fingerprint density at radius 1 is 1.00 bits per heavy atom. The van der Waals surface area contributed by atoms with E-state index < -0.39 is 16.4 Å². The van der Waals surface area contributed by atoms with Crippen LogP contribution in [0.4, 0.5) is 5.69 Å². The minimum Gasteiger partial charge on any atom is -0.294 e. The van der Waals surface area contributed by atoms with Crippen LogP contribution in [0.3, 0.4) is 0 Å². The minimum absolute atomic E-state index is 0.0597. The molecule has 0 fully saturated rings. The molecule has 1 atom stereocenters. The van der Waals surface area contributed by atoms with Crippen molar-refractivity contribution in [1.29, 1.82) is 0 Å². The van der Waals surface area contributed by atoms with Crippen LogP contribution >= 0.6 is 0 Å². The summed E-state index contributed by atoms with van der Waals surface area (Å²) in [6.07, 6.45) is -0.0597. The minimum atomic E-state index is -1.34. The van der Waals surface area contributed by atoms with Gasteiger partial charge in [0.2, 0.25) is 5.54 Å². The van der Waals surface area contributed by atoms with Gasteiger partial charge in [0.05, 0.1) is 10.8 Å². The lowest BCUT2D eigenvalue weighted by Gasteiger charge is -2.26. The summed E-state index contributed by atoms with van der Waals surface area (Å²) in [5.41, 5.74) is -0.440. The van der Waals surface area contributed by atoms with Crippen LogP contribution in [0.25, 0.3) is 0 Å². The molecule has 0 amide bonds. The van der Waals surface area contributed by atoms with Gasteiger partial charge in [-0.2, -0.15) is 0 Å². The molecule has 7 nitrogen and oxygen atoms in total. The van der Waals surface area contributed by atoms with Crippen molar-refractivity contribution in [2.45, 2.75) is 31.7 Å². The largest absolute Gasteiger partial charge is 0.294 e. The van der Waals surface area contributed by atoms with E-state index in [4.69, 9.17) is 0 Å². The number of nitrogens with zero attached hydrogens (tertiary/aromatic N) is 2. The van der Waals surface area contributed by atoms with Crippen LogP contribution in [-0.4, -0.2) is 21.2 Å². The highest BCUT2D eigenvalue weighted by atomic mass is 16.6. The van der Waals surface area contributed by atoms with Crippen molar-refractivity contribution in [1.82, 2.24) is 0 Å². The summed E-state index contributed by atoms with van der Waals surface area (Å²) in [5, 5.41) is 22.2. The molecule has 0 saturated carbocycles.